The molecule has 1 rings (SSSR count). The second kappa shape index (κ2) is 5.19. The van der Waals surface area contributed by atoms with E-state index in [2.05, 4.69) is 21.2 Å². The van der Waals surface area contributed by atoms with E-state index in [0.717, 1.165) is 15.7 Å². The van der Waals surface area contributed by atoms with Crippen LogP contribution in [0.15, 0.2) is 34.4 Å². The van der Waals surface area contributed by atoms with Crippen molar-refractivity contribution in [3.05, 3.63) is 40.0 Å². The Morgan fingerprint density at radius 3 is 2.67 bits per heavy atom. The minimum absolute atomic E-state index is 0.0503. The van der Waals surface area contributed by atoms with Crippen LogP contribution in [-0.2, 0) is 0 Å². The molecule has 4 heteroatoms. The zero-order chi connectivity index (χ0) is 11.3. The van der Waals surface area contributed by atoms with E-state index in [1.807, 2.05) is 25.1 Å². The Kier molecular flexibility index (Phi) is 3.91. The monoisotopic (exact) mass is 261 g/mol. The van der Waals surface area contributed by atoms with E-state index < -0.39 is 0 Å². The molecular formula is C11H8BrN3. The Hall–Kier alpha value is -1.78. The third-order valence-corrected chi connectivity index (χ3v) is 2.74. The number of hydrogen-bond donors (Lipinski definition) is 1. The molecule has 0 amide bonds. The first-order valence-corrected chi connectivity index (χ1v) is 5.00. The lowest BCUT2D eigenvalue weighted by atomic mass is 10.2. The van der Waals surface area contributed by atoms with Gasteiger partial charge in [0.05, 0.1) is 0 Å². The van der Waals surface area contributed by atoms with Gasteiger partial charge < -0.3 is 5.32 Å². The number of hydrogen-bond acceptors (Lipinski definition) is 3. The summed E-state index contributed by atoms with van der Waals surface area (Å²) in [5, 5.41) is 20.0. The highest BCUT2D eigenvalue weighted by Gasteiger charge is 1.99. The number of anilines is 1. The number of nitriles is 2. The van der Waals surface area contributed by atoms with Crippen LogP contribution >= 0.6 is 15.9 Å². The molecule has 0 unspecified atom stereocenters. The number of benzene rings is 1. The maximum absolute atomic E-state index is 8.54. The Morgan fingerprint density at radius 2 is 2.07 bits per heavy atom. The summed E-state index contributed by atoms with van der Waals surface area (Å²) in [6, 6.07) is 9.25. The average molecular weight is 262 g/mol. The predicted octanol–water partition coefficient (Wildman–Crippen LogP) is 3.10. The van der Waals surface area contributed by atoms with Crippen LogP contribution in [0.2, 0.25) is 0 Å². The zero-order valence-electron chi connectivity index (χ0n) is 8.08. The van der Waals surface area contributed by atoms with Gasteiger partial charge in [-0.15, -0.1) is 0 Å². The van der Waals surface area contributed by atoms with Crippen molar-refractivity contribution in [2.24, 2.45) is 0 Å². The van der Waals surface area contributed by atoms with Gasteiger partial charge in [-0.2, -0.15) is 10.5 Å². The first kappa shape index (κ1) is 11.3. The molecule has 1 aromatic rings. The lowest BCUT2D eigenvalue weighted by Gasteiger charge is -2.06. The van der Waals surface area contributed by atoms with Gasteiger partial charge in [-0.05, 0) is 24.6 Å². The molecule has 3 nitrogen and oxygen atoms in total. The highest BCUT2D eigenvalue weighted by molar-refractivity contribution is 9.10. The molecule has 0 aliphatic carbocycles. The fraction of sp³-hybridized carbons (Fsp3) is 0.0909. The summed E-state index contributed by atoms with van der Waals surface area (Å²) < 4.78 is 0.983. The maximum Gasteiger partial charge on any atom is 0.145 e. The Bertz CT molecular complexity index is 462. The van der Waals surface area contributed by atoms with Gasteiger partial charge in [-0.3, -0.25) is 0 Å². The molecular weight excluding hydrogens is 254 g/mol. The number of nitrogens with one attached hydrogen (secondary N) is 1. The SMILES string of the molecule is Cc1c(Br)cccc1NC=C(C#N)C#N. The van der Waals surface area contributed by atoms with E-state index in [1.165, 1.54) is 6.20 Å². The molecule has 0 saturated carbocycles. The van der Waals surface area contributed by atoms with Crippen molar-refractivity contribution in [2.75, 3.05) is 5.32 Å². The van der Waals surface area contributed by atoms with Crippen molar-refractivity contribution < 1.29 is 0 Å². The summed E-state index contributed by atoms with van der Waals surface area (Å²) in [5.74, 6) is 0. The standard InChI is InChI=1S/C11H8BrN3/c1-8-10(12)3-2-4-11(8)15-7-9(5-13)6-14/h2-4,7,15H,1H3. The van der Waals surface area contributed by atoms with Crippen molar-refractivity contribution in [1.82, 2.24) is 0 Å². The molecule has 74 valence electrons. The number of halogens is 1. The summed E-state index contributed by atoms with van der Waals surface area (Å²) in [6.07, 6.45) is 1.40. The predicted molar refractivity (Wildman–Crippen MR) is 61.8 cm³/mol. The van der Waals surface area contributed by atoms with Crippen LogP contribution in [0, 0.1) is 29.6 Å². The van der Waals surface area contributed by atoms with Crippen molar-refractivity contribution in [3.8, 4) is 12.1 Å². The van der Waals surface area contributed by atoms with E-state index in [4.69, 9.17) is 10.5 Å². The molecule has 0 fully saturated rings. The summed E-state index contributed by atoms with van der Waals surface area (Å²) in [5.41, 5.74) is 1.95. The number of nitrogens with zero attached hydrogens (tertiary/aromatic N) is 2. The third-order valence-electron chi connectivity index (χ3n) is 1.88. The topological polar surface area (TPSA) is 59.6 Å². The van der Waals surface area contributed by atoms with E-state index in [1.54, 1.807) is 12.1 Å². The molecule has 0 aromatic heterocycles. The lowest BCUT2D eigenvalue weighted by molar-refractivity contribution is 1.39. The first-order valence-electron chi connectivity index (χ1n) is 4.21. The van der Waals surface area contributed by atoms with Gasteiger partial charge >= 0.3 is 0 Å². The van der Waals surface area contributed by atoms with Crippen molar-refractivity contribution in [2.45, 2.75) is 6.92 Å². The maximum atomic E-state index is 8.54. The van der Waals surface area contributed by atoms with Crippen LogP contribution in [0.5, 0.6) is 0 Å². The first-order chi connectivity index (χ1) is 7.19. The minimum atomic E-state index is 0.0503. The summed E-state index contributed by atoms with van der Waals surface area (Å²) in [4.78, 5) is 0. The Labute approximate surface area is 96.8 Å². The molecule has 0 aliphatic rings. The van der Waals surface area contributed by atoms with Crippen LogP contribution in [0.4, 0.5) is 5.69 Å². The fourth-order valence-corrected chi connectivity index (χ4v) is 1.37. The number of rotatable bonds is 2. The van der Waals surface area contributed by atoms with Crippen LogP contribution in [-0.4, -0.2) is 0 Å². The molecule has 1 aromatic carbocycles. The Morgan fingerprint density at radius 1 is 1.40 bits per heavy atom. The van der Waals surface area contributed by atoms with Gasteiger partial charge in [0.2, 0.25) is 0 Å². The van der Waals surface area contributed by atoms with Gasteiger partial charge in [0.25, 0.3) is 0 Å². The molecule has 0 saturated heterocycles. The van der Waals surface area contributed by atoms with Gasteiger partial charge in [0.15, 0.2) is 0 Å². The van der Waals surface area contributed by atoms with E-state index in [9.17, 15) is 0 Å². The quantitative estimate of drug-likeness (QED) is 0.833. The van der Waals surface area contributed by atoms with E-state index >= 15 is 0 Å². The van der Waals surface area contributed by atoms with Crippen LogP contribution < -0.4 is 5.32 Å². The van der Waals surface area contributed by atoms with E-state index in [0.29, 0.717) is 0 Å². The zero-order valence-corrected chi connectivity index (χ0v) is 9.67. The second-order valence-electron chi connectivity index (χ2n) is 2.84. The molecule has 0 spiro atoms. The van der Waals surface area contributed by atoms with Crippen LogP contribution in [0.25, 0.3) is 0 Å². The normalized spacial score (nSPS) is 8.53. The molecule has 0 atom stereocenters. The Balaban J connectivity index is 2.93. The summed E-state index contributed by atoms with van der Waals surface area (Å²) in [6.45, 7) is 1.94. The fourth-order valence-electron chi connectivity index (χ4n) is 1.00. The third kappa shape index (κ3) is 2.83. The smallest absolute Gasteiger partial charge is 0.145 e. The highest BCUT2D eigenvalue weighted by Crippen LogP contribution is 2.23. The second-order valence-corrected chi connectivity index (χ2v) is 3.69. The molecule has 0 bridgehead atoms. The van der Waals surface area contributed by atoms with Gasteiger partial charge in [-0.1, -0.05) is 22.0 Å². The molecule has 1 N–H and O–H groups in total. The van der Waals surface area contributed by atoms with Gasteiger partial charge in [0, 0.05) is 16.4 Å². The van der Waals surface area contributed by atoms with Crippen LogP contribution in [0.3, 0.4) is 0 Å². The van der Waals surface area contributed by atoms with E-state index in [-0.39, 0.29) is 5.57 Å². The molecule has 0 radical (unpaired) electrons. The number of allylic oxidation sites excluding steroid dienone is 1. The summed E-state index contributed by atoms with van der Waals surface area (Å²) >= 11 is 3.40. The van der Waals surface area contributed by atoms with Crippen molar-refractivity contribution in [1.29, 1.82) is 10.5 Å². The van der Waals surface area contributed by atoms with Gasteiger partial charge in [-0.25, -0.2) is 0 Å². The average Bonchev–Trinajstić information content (AvgIpc) is 2.25. The van der Waals surface area contributed by atoms with Crippen LogP contribution in [0.1, 0.15) is 5.56 Å². The summed E-state index contributed by atoms with van der Waals surface area (Å²) in [7, 11) is 0. The molecule has 0 aliphatic heterocycles. The highest BCUT2D eigenvalue weighted by atomic mass is 79.9. The molecule has 15 heavy (non-hydrogen) atoms. The van der Waals surface area contributed by atoms with Gasteiger partial charge in [0.1, 0.15) is 17.7 Å². The lowest BCUT2D eigenvalue weighted by Crippen LogP contribution is -1.93. The minimum Gasteiger partial charge on any atom is -0.360 e. The molecule has 0 heterocycles. The van der Waals surface area contributed by atoms with Crippen molar-refractivity contribution in [3.63, 3.8) is 0 Å². The van der Waals surface area contributed by atoms with Crippen molar-refractivity contribution >= 4 is 21.6 Å². The largest absolute Gasteiger partial charge is 0.360 e.